The molecule has 7 nitrogen and oxygen atoms in total. The van der Waals surface area contributed by atoms with Crippen molar-refractivity contribution in [1.82, 2.24) is 30.2 Å². The number of nitrogens with one attached hydrogen (secondary N) is 2. The number of amides is 1. The van der Waals surface area contributed by atoms with Gasteiger partial charge in [0, 0.05) is 24.2 Å². The molecule has 0 saturated heterocycles. The number of imidazole rings is 1. The van der Waals surface area contributed by atoms with E-state index in [0.717, 1.165) is 59.1 Å². The number of carbonyl (C=O) groups is 1. The number of aromatic amines is 1. The molecule has 6 rings (SSSR count). The fourth-order valence-corrected chi connectivity index (χ4v) is 5.64. The average molecular weight is 586 g/mol. The zero-order valence-electron chi connectivity index (χ0n) is 22.0. The van der Waals surface area contributed by atoms with Crippen molar-refractivity contribution in [3.05, 3.63) is 102 Å². The first-order valence-electron chi connectivity index (χ1n) is 13.5. The summed E-state index contributed by atoms with van der Waals surface area (Å²) in [6.45, 7) is 3.35. The van der Waals surface area contributed by atoms with Gasteiger partial charge in [-0.2, -0.15) is 0 Å². The van der Waals surface area contributed by atoms with Crippen LogP contribution < -0.4 is 5.32 Å². The van der Waals surface area contributed by atoms with Crippen molar-refractivity contribution < 1.29 is 4.79 Å². The Morgan fingerprint density at radius 1 is 1.03 bits per heavy atom. The quantitative estimate of drug-likeness (QED) is 0.228. The zero-order chi connectivity index (χ0) is 25.9. The van der Waals surface area contributed by atoms with E-state index in [1.165, 1.54) is 5.56 Å². The number of hydrogen-bond acceptors (Lipinski definition) is 5. The molecular formula is C31H33BrN6O. The molecule has 39 heavy (non-hydrogen) atoms. The minimum absolute atomic E-state index is 0. The normalized spacial score (nSPS) is 15.6. The Morgan fingerprint density at radius 2 is 1.85 bits per heavy atom. The molecular weight excluding hydrogens is 552 g/mol. The van der Waals surface area contributed by atoms with Crippen LogP contribution >= 0.6 is 17.0 Å². The largest absolute Gasteiger partial charge is 0.349 e. The molecule has 1 aliphatic carbocycles. The monoisotopic (exact) mass is 584 g/mol. The van der Waals surface area contributed by atoms with Gasteiger partial charge in [0.05, 0.1) is 34.8 Å². The number of halogens is 1. The SMILES string of the molecule is Br.CCC(CNC(=O)c1ccc2ccccc2n1)N(Cc1nc2ccccc2[nH]1)C1CCCc2cccnc21. The van der Waals surface area contributed by atoms with E-state index in [2.05, 4.69) is 39.2 Å². The van der Waals surface area contributed by atoms with Crippen LogP contribution in [-0.2, 0) is 13.0 Å². The summed E-state index contributed by atoms with van der Waals surface area (Å²) in [5, 5.41) is 4.20. The lowest BCUT2D eigenvalue weighted by molar-refractivity contribution is 0.0840. The predicted octanol–water partition coefficient (Wildman–Crippen LogP) is 6.17. The number of aromatic nitrogens is 4. The van der Waals surface area contributed by atoms with Crippen molar-refractivity contribution in [2.45, 2.75) is 51.2 Å². The Morgan fingerprint density at radius 3 is 2.69 bits per heavy atom. The molecule has 1 aliphatic rings. The highest BCUT2D eigenvalue weighted by molar-refractivity contribution is 8.93. The average Bonchev–Trinajstić information content (AvgIpc) is 3.39. The molecule has 0 aliphatic heterocycles. The van der Waals surface area contributed by atoms with Crippen molar-refractivity contribution in [2.75, 3.05) is 6.54 Å². The molecule has 1 amide bonds. The van der Waals surface area contributed by atoms with Crippen LogP contribution in [0.4, 0.5) is 0 Å². The summed E-state index contributed by atoms with van der Waals surface area (Å²) >= 11 is 0. The zero-order valence-corrected chi connectivity index (χ0v) is 23.7. The third-order valence-corrected chi connectivity index (χ3v) is 7.61. The van der Waals surface area contributed by atoms with Gasteiger partial charge < -0.3 is 10.3 Å². The summed E-state index contributed by atoms with van der Waals surface area (Å²) < 4.78 is 0. The number of carbonyl (C=O) groups excluding carboxylic acids is 1. The predicted molar refractivity (Wildman–Crippen MR) is 160 cm³/mol. The molecule has 8 heteroatoms. The van der Waals surface area contributed by atoms with E-state index >= 15 is 0 Å². The lowest BCUT2D eigenvalue weighted by Crippen LogP contribution is -2.46. The highest BCUT2D eigenvalue weighted by Gasteiger charge is 2.32. The van der Waals surface area contributed by atoms with Crippen LogP contribution in [0.5, 0.6) is 0 Å². The number of rotatable bonds is 8. The van der Waals surface area contributed by atoms with E-state index in [1.54, 1.807) is 6.07 Å². The summed E-state index contributed by atoms with van der Waals surface area (Å²) in [5.74, 6) is 0.773. The van der Waals surface area contributed by atoms with Crippen LogP contribution in [0.25, 0.3) is 21.9 Å². The highest BCUT2D eigenvalue weighted by atomic mass is 79.9. The molecule has 2 N–H and O–H groups in total. The second-order valence-corrected chi connectivity index (χ2v) is 9.99. The van der Waals surface area contributed by atoms with Gasteiger partial charge in [0.2, 0.25) is 0 Å². The molecule has 200 valence electrons. The van der Waals surface area contributed by atoms with Crippen LogP contribution in [0.2, 0.25) is 0 Å². The number of benzene rings is 2. The minimum Gasteiger partial charge on any atom is -0.349 e. The van der Waals surface area contributed by atoms with E-state index < -0.39 is 0 Å². The van der Waals surface area contributed by atoms with E-state index in [1.807, 2.05) is 60.8 Å². The summed E-state index contributed by atoms with van der Waals surface area (Å²) in [6.07, 6.45) is 5.97. The molecule has 2 aromatic carbocycles. The lowest BCUT2D eigenvalue weighted by Gasteiger charge is -2.39. The van der Waals surface area contributed by atoms with Crippen molar-refractivity contribution in [3.8, 4) is 0 Å². The van der Waals surface area contributed by atoms with E-state index in [-0.39, 0.29) is 35.0 Å². The van der Waals surface area contributed by atoms with Crippen molar-refractivity contribution in [2.24, 2.45) is 0 Å². The molecule has 2 unspecified atom stereocenters. The standard InChI is InChI=1S/C31H32N6O.BrH/c1-2-23(19-33-31(38)27-17-16-21-9-3-4-12-24(21)34-27)37(20-29-35-25-13-5-6-14-26(25)36-29)28-15-7-10-22-11-8-18-32-30(22)28;/h3-6,8-9,11-14,16-18,23,28H,2,7,10,15,19-20H2,1H3,(H,33,38)(H,35,36);1H. The second kappa shape index (κ2) is 12.1. The molecule has 0 bridgehead atoms. The Kier molecular flexibility index (Phi) is 8.33. The molecule has 0 fully saturated rings. The summed E-state index contributed by atoms with van der Waals surface area (Å²) in [6, 6.07) is 24.2. The maximum atomic E-state index is 13.2. The number of hydrogen-bond donors (Lipinski definition) is 2. The lowest BCUT2D eigenvalue weighted by atomic mass is 9.89. The number of aryl methyl sites for hydroxylation is 1. The first-order chi connectivity index (χ1) is 18.7. The Balaban J connectivity index is 0.00000308. The first kappa shape index (κ1) is 27.0. The van der Waals surface area contributed by atoms with Crippen LogP contribution in [0.15, 0.2) is 79.0 Å². The van der Waals surface area contributed by atoms with Crippen LogP contribution in [-0.4, -0.2) is 43.3 Å². The Bertz CT molecular complexity index is 1550. The van der Waals surface area contributed by atoms with Gasteiger partial charge >= 0.3 is 0 Å². The maximum absolute atomic E-state index is 13.2. The first-order valence-corrected chi connectivity index (χ1v) is 13.5. The second-order valence-electron chi connectivity index (χ2n) is 9.99. The fraction of sp³-hybridized carbons (Fsp3) is 0.290. The van der Waals surface area contributed by atoms with Gasteiger partial charge in [-0.15, -0.1) is 17.0 Å². The number of H-pyrrole nitrogens is 1. The van der Waals surface area contributed by atoms with Gasteiger partial charge in [0.25, 0.3) is 5.91 Å². The van der Waals surface area contributed by atoms with E-state index in [0.29, 0.717) is 18.8 Å². The van der Waals surface area contributed by atoms with Crippen LogP contribution in [0.1, 0.15) is 59.8 Å². The van der Waals surface area contributed by atoms with Gasteiger partial charge in [-0.1, -0.05) is 49.4 Å². The number of pyridine rings is 2. The van der Waals surface area contributed by atoms with E-state index in [9.17, 15) is 4.79 Å². The highest BCUT2D eigenvalue weighted by Crippen LogP contribution is 2.35. The molecule has 0 spiro atoms. The molecule has 0 saturated carbocycles. The molecule has 5 aromatic rings. The number of nitrogens with zero attached hydrogens (tertiary/aromatic N) is 4. The minimum atomic E-state index is -0.153. The summed E-state index contributed by atoms with van der Waals surface area (Å²) in [7, 11) is 0. The molecule has 0 radical (unpaired) electrons. The molecule has 3 aromatic heterocycles. The molecule has 3 heterocycles. The smallest absolute Gasteiger partial charge is 0.269 e. The fourth-order valence-electron chi connectivity index (χ4n) is 5.64. The van der Waals surface area contributed by atoms with Gasteiger partial charge in [-0.25, -0.2) is 9.97 Å². The van der Waals surface area contributed by atoms with Crippen molar-refractivity contribution >= 4 is 44.8 Å². The van der Waals surface area contributed by atoms with E-state index in [4.69, 9.17) is 9.97 Å². The van der Waals surface area contributed by atoms with Gasteiger partial charge in [-0.3, -0.25) is 14.7 Å². The molecule has 2 atom stereocenters. The van der Waals surface area contributed by atoms with Crippen LogP contribution in [0.3, 0.4) is 0 Å². The number of para-hydroxylation sites is 3. The van der Waals surface area contributed by atoms with Gasteiger partial charge in [-0.05, 0) is 61.6 Å². The maximum Gasteiger partial charge on any atom is 0.269 e. The third kappa shape index (κ3) is 5.72. The number of fused-ring (bicyclic) bond motifs is 3. The van der Waals surface area contributed by atoms with Gasteiger partial charge in [0.15, 0.2) is 0 Å². The summed E-state index contributed by atoms with van der Waals surface area (Å²) in [4.78, 5) is 33.4. The van der Waals surface area contributed by atoms with Gasteiger partial charge in [0.1, 0.15) is 11.5 Å². The van der Waals surface area contributed by atoms with Crippen LogP contribution in [0, 0.1) is 0 Å². The van der Waals surface area contributed by atoms with Crippen molar-refractivity contribution in [1.29, 1.82) is 0 Å². The summed E-state index contributed by atoms with van der Waals surface area (Å²) in [5.41, 5.74) is 5.73. The topological polar surface area (TPSA) is 86.8 Å². The third-order valence-electron chi connectivity index (χ3n) is 7.61. The Hall–Kier alpha value is -3.62. The van der Waals surface area contributed by atoms with Crippen molar-refractivity contribution in [3.63, 3.8) is 0 Å². The Labute approximate surface area is 238 Å².